The molecule has 1 aromatic carbocycles. The average molecular weight is 392 g/mol. The molecule has 2 fully saturated rings. The van der Waals surface area contributed by atoms with E-state index in [9.17, 15) is 4.79 Å². The van der Waals surface area contributed by atoms with E-state index in [1.54, 1.807) is 0 Å². The number of carbonyl (C=O) groups is 1. The van der Waals surface area contributed by atoms with E-state index in [4.69, 9.17) is 0 Å². The molecule has 1 aliphatic carbocycles. The molecule has 0 unspecified atom stereocenters. The van der Waals surface area contributed by atoms with Gasteiger partial charge in [0.1, 0.15) is 0 Å². The standard InChI is InChI=1S/C25H33N3O/c1-19(2)27-24(29)25(12-3-15-28(18-25)17-21-4-5-21)16-20-6-8-22(9-7-20)23-10-13-26-14-11-23/h6-11,13-14,19,21H,3-5,12,15-18H2,1-2H3,(H,27,29)/t25-/m0/s1. The number of rotatable bonds is 7. The summed E-state index contributed by atoms with van der Waals surface area (Å²) in [5.41, 5.74) is 3.29. The molecule has 1 amide bonds. The van der Waals surface area contributed by atoms with E-state index in [1.807, 2.05) is 24.5 Å². The summed E-state index contributed by atoms with van der Waals surface area (Å²) < 4.78 is 0. The van der Waals surface area contributed by atoms with E-state index >= 15 is 0 Å². The van der Waals surface area contributed by atoms with Crippen molar-refractivity contribution in [2.45, 2.75) is 52.0 Å². The van der Waals surface area contributed by atoms with Gasteiger partial charge in [-0.05, 0) is 87.2 Å². The van der Waals surface area contributed by atoms with Crippen LogP contribution in [0.4, 0.5) is 0 Å². The predicted octanol–water partition coefficient (Wildman–Crippen LogP) is 4.31. The Morgan fingerprint density at radius 2 is 1.83 bits per heavy atom. The van der Waals surface area contributed by atoms with Crippen LogP contribution in [0.3, 0.4) is 0 Å². The molecule has 4 rings (SSSR count). The maximum Gasteiger partial charge on any atom is 0.228 e. The maximum absolute atomic E-state index is 13.3. The number of hydrogen-bond donors (Lipinski definition) is 1. The minimum absolute atomic E-state index is 0.173. The highest BCUT2D eigenvalue weighted by Gasteiger charge is 2.43. The highest BCUT2D eigenvalue weighted by Crippen LogP contribution is 2.37. The molecule has 1 atom stereocenters. The lowest BCUT2D eigenvalue weighted by molar-refractivity contribution is -0.135. The van der Waals surface area contributed by atoms with Crippen molar-refractivity contribution in [3.63, 3.8) is 0 Å². The van der Waals surface area contributed by atoms with Crippen LogP contribution in [-0.4, -0.2) is 41.5 Å². The molecule has 1 saturated carbocycles. The van der Waals surface area contributed by atoms with Crippen LogP contribution < -0.4 is 5.32 Å². The lowest BCUT2D eigenvalue weighted by atomic mass is 9.74. The minimum Gasteiger partial charge on any atom is -0.353 e. The Morgan fingerprint density at radius 3 is 2.48 bits per heavy atom. The fourth-order valence-electron chi connectivity index (χ4n) is 4.62. The van der Waals surface area contributed by atoms with Gasteiger partial charge in [-0.25, -0.2) is 0 Å². The SMILES string of the molecule is CC(C)NC(=O)[C@]1(Cc2ccc(-c3ccncc3)cc2)CCCN(CC2CC2)C1. The van der Waals surface area contributed by atoms with Crippen LogP contribution in [0.2, 0.25) is 0 Å². The first-order chi connectivity index (χ1) is 14.0. The first-order valence-corrected chi connectivity index (χ1v) is 11.1. The zero-order chi connectivity index (χ0) is 20.3. The fourth-order valence-corrected chi connectivity index (χ4v) is 4.62. The van der Waals surface area contributed by atoms with Gasteiger partial charge in [-0.3, -0.25) is 9.78 Å². The number of benzene rings is 1. The molecule has 1 aromatic heterocycles. The van der Waals surface area contributed by atoms with Gasteiger partial charge in [0, 0.05) is 31.5 Å². The van der Waals surface area contributed by atoms with E-state index < -0.39 is 0 Å². The zero-order valence-electron chi connectivity index (χ0n) is 17.7. The maximum atomic E-state index is 13.3. The molecule has 29 heavy (non-hydrogen) atoms. The summed E-state index contributed by atoms with van der Waals surface area (Å²) in [6.07, 6.45) is 9.25. The summed E-state index contributed by atoms with van der Waals surface area (Å²) in [6.45, 7) is 7.29. The predicted molar refractivity (Wildman–Crippen MR) is 117 cm³/mol. The van der Waals surface area contributed by atoms with Crippen molar-refractivity contribution in [3.8, 4) is 11.1 Å². The fraction of sp³-hybridized carbons (Fsp3) is 0.520. The summed E-state index contributed by atoms with van der Waals surface area (Å²) in [5.74, 6) is 1.09. The second kappa shape index (κ2) is 8.66. The third kappa shape index (κ3) is 5.05. The van der Waals surface area contributed by atoms with Crippen LogP contribution in [0, 0.1) is 11.3 Å². The molecule has 2 aromatic rings. The molecule has 4 heteroatoms. The van der Waals surface area contributed by atoms with Gasteiger partial charge in [0.15, 0.2) is 0 Å². The first-order valence-electron chi connectivity index (χ1n) is 11.1. The molecule has 2 heterocycles. The molecule has 154 valence electrons. The highest BCUT2D eigenvalue weighted by atomic mass is 16.2. The van der Waals surface area contributed by atoms with Crippen molar-refractivity contribution in [1.82, 2.24) is 15.2 Å². The minimum atomic E-state index is -0.324. The van der Waals surface area contributed by atoms with Crippen LogP contribution in [0.1, 0.15) is 45.1 Å². The molecule has 0 bridgehead atoms. The molecular weight excluding hydrogens is 358 g/mol. The van der Waals surface area contributed by atoms with Crippen molar-refractivity contribution in [1.29, 1.82) is 0 Å². The Hall–Kier alpha value is -2.20. The van der Waals surface area contributed by atoms with Gasteiger partial charge in [0.05, 0.1) is 5.41 Å². The third-order valence-electron chi connectivity index (χ3n) is 6.28. The second-order valence-electron chi connectivity index (χ2n) is 9.30. The molecular formula is C25H33N3O. The molecule has 0 radical (unpaired) electrons. The van der Waals surface area contributed by atoms with E-state index in [0.717, 1.165) is 44.8 Å². The molecule has 0 spiro atoms. The lowest BCUT2D eigenvalue weighted by Crippen LogP contribution is -2.54. The Kier molecular flexibility index (Phi) is 6.00. The van der Waals surface area contributed by atoms with Crippen LogP contribution >= 0.6 is 0 Å². The van der Waals surface area contributed by atoms with E-state index in [-0.39, 0.29) is 17.4 Å². The lowest BCUT2D eigenvalue weighted by Gasteiger charge is -2.42. The summed E-state index contributed by atoms with van der Waals surface area (Å²) in [4.78, 5) is 20.0. The topological polar surface area (TPSA) is 45.2 Å². The first kappa shape index (κ1) is 20.1. The smallest absolute Gasteiger partial charge is 0.228 e. The number of nitrogens with one attached hydrogen (secondary N) is 1. The quantitative estimate of drug-likeness (QED) is 0.765. The summed E-state index contributed by atoms with van der Waals surface area (Å²) >= 11 is 0. The van der Waals surface area contributed by atoms with Gasteiger partial charge >= 0.3 is 0 Å². The number of amides is 1. The number of piperidine rings is 1. The summed E-state index contributed by atoms with van der Waals surface area (Å²) in [6, 6.07) is 13.0. The van der Waals surface area contributed by atoms with Crippen molar-refractivity contribution in [2.75, 3.05) is 19.6 Å². The van der Waals surface area contributed by atoms with Crippen molar-refractivity contribution < 1.29 is 4.79 Å². The average Bonchev–Trinajstić information content (AvgIpc) is 3.53. The van der Waals surface area contributed by atoms with E-state index in [0.29, 0.717) is 0 Å². The molecule has 4 nitrogen and oxygen atoms in total. The Balaban J connectivity index is 1.53. The monoisotopic (exact) mass is 391 g/mol. The summed E-state index contributed by atoms with van der Waals surface area (Å²) in [7, 11) is 0. The van der Waals surface area contributed by atoms with Gasteiger partial charge in [-0.2, -0.15) is 0 Å². The van der Waals surface area contributed by atoms with Crippen LogP contribution in [0.25, 0.3) is 11.1 Å². The number of pyridine rings is 1. The van der Waals surface area contributed by atoms with Crippen molar-refractivity contribution >= 4 is 5.91 Å². The number of nitrogens with zero attached hydrogens (tertiary/aromatic N) is 2. The Bertz CT molecular complexity index is 814. The number of hydrogen-bond acceptors (Lipinski definition) is 3. The molecule has 1 saturated heterocycles. The Morgan fingerprint density at radius 1 is 1.14 bits per heavy atom. The van der Waals surface area contributed by atoms with Crippen molar-refractivity contribution in [3.05, 3.63) is 54.4 Å². The van der Waals surface area contributed by atoms with Crippen LogP contribution in [0.15, 0.2) is 48.8 Å². The normalized spacial score (nSPS) is 22.6. The van der Waals surface area contributed by atoms with Crippen LogP contribution in [-0.2, 0) is 11.2 Å². The van der Waals surface area contributed by atoms with Crippen molar-refractivity contribution in [2.24, 2.45) is 11.3 Å². The number of likely N-dealkylation sites (tertiary alicyclic amines) is 1. The summed E-state index contributed by atoms with van der Waals surface area (Å²) in [5, 5.41) is 3.23. The second-order valence-corrected chi connectivity index (χ2v) is 9.30. The number of carbonyl (C=O) groups excluding carboxylic acids is 1. The van der Waals surface area contributed by atoms with Gasteiger partial charge < -0.3 is 10.2 Å². The van der Waals surface area contributed by atoms with Gasteiger partial charge in [-0.15, -0.1) is 0 Å². The van der Waals surface area contributed by atoms with Gasteiger partial charge in [0.25, 0.3) is 0 Å². The van der Waals surface area contributed by atoms with E-state index in [1.165, 1.54) is 29.5 Å². The zero-order valence-corrected chi connectivity index (χ0v) is 17.7. The molecule has 1 N–H and O–H groups in total. The highest BCUT2D eigenvalue weighted by molar-refractivity contribution is 5.83. The van der Waals surface area contributed by atoms with E-state index in [2.05, 4.69) is 53.3 Å². The largest absolute Gasteiger partial charge is 0.353 e. The van der Waals surface area contributed by atoms with Gasteiger partial charge in [0.2, 0.25) is 5.91 Å². The van der Waals surface area contributed by atoms with Gasteiger partial charge in [-0.1, -0.05) is 24.3 Å². The van der Waals surface area contributed by atoms with Crippen LogP contribution in [0.5, 0.6) is 0 Å². The third-order valence-corrected chi connectivity index (χ3v) is 6.28. The number of aromatic nitrogens is 1. The molecule has 1 aliphatic heterocycles. The molecule has 2 aliphatic rings. The Labute approximate surface area is 174 Å².